The highest BCUT2D eigenvalue weighted by Gasteiger charge is 2.33. The van der Waals surface area contributed by atoms with E-state index in [2.05, 4.69) is 5.32 Å². The van der Waals surface area contributed by atoms with Crippen molar-refractivity contribution in [3.05, 3.63) is 23.8 Å². The molecule has 2 atom stereocenters. The first-order chi connectivity index (χ1) is 10.9. The zero-order valence-electron chi connectivity index (χ0n) is 12.4. The van der Waals surface area contributed by atoms with E-state index >= 15 is 0 Å². The fourth-order valence-corrected chi connectivity index (χ4v) is 2.64. The second-order valence-corrected chi connectivity index (χ2v) is 5.53. The van der Waals surface area contributed by atoms with Crippen LogP contribution in [0.5, 0.6) is 5.75 Å². The molecule has 0 saturated carbocycles. The van der Waals surface area contributed by atoms with Crippen LogP contribution >= 0.6 is 0 Å². The largest absolute Gasteiger partial charge is 0.482 e. The van der Waals surface area contributed by atoms with E-state index < -0.39 is 12.1 Å². The normalized spacial score (nSPS) is 23.5. The highest BCUT2D eigenvalue weighted by Crippen LogP contribution is 2.29. The molecule has 2 aliphatic rings. The van der Waals surface area contributed by atoms with Crippen molar-refractivity contribution < 1.29 is 29.0 Å². The summed E-state index contributed by atoms with van der Waals surface area (Å²) < 4.78 is 10.6. The van der Waals surface area contributed by atoms with Crippen molar-refractivity contribution in [2.75, 3.05) is 25.0 Å². The minimum Gasteiger partial charge on any atom is -0.482 e. The van der Waals surface area contributed by atoms with E-state index in [-0.39, 0.29) is 31.1 Å². The van der Waals surface area contributed by atoms with E-state index in [1.165, 1.54) is 4.90 Å². The molecule has 0 aliphatic carbocycles. The van der Waals surface area contributed by atoms with Crippen LogP contribution < -0.4 is 10.1 Å². The maximum absolute atomic E-state index is 12.6. The van der Waals surface area contributed by atoms with Gasteiger partial charge >= 0.3 is 5.97 Å². The Morgan fingerprint density at radius 1 is 1.35 bits per heavy atom. The summed E-state index contributed by atoms with van der Waals surface area (Å²) in [7, 11) is 0. The van der Waals surface area contributed by atoms with Crippen LogP contribution in [0.1, 0.15) is 17.3 Å². The Bertz CT molecular complexity index is 674. The third-order valence-corrected chi connectivity index (χ3v) is 3.68. The predicted molar refractivity (Wildman–Crippen MR) is 78.4 cm³/mol. The molecule has 8 nitrogen and oxygen atoms in total. The Morgan fingerprint density at radius 3 is 2.87 bits per heavy atom. The standard InChI is InChI=1S/C15H16N2O6/c1-8-5-17(6-12(23-8)15(20)21)14(19)9-2-3-10-11(4-9)22-7-13(18)16-10/h2-4,8,12H,5-7H2,1H3,(H,16,18)(H,20,21)/t8-,12?/m1/s1. The van der Waals surface area contributed by atoms with Crippen LogP contribution in [0.2, 0.25) is 0 Å². The van der Waals surface area contributed by atoms with Gasteiger partial charge in [0.2, 0.25) is 0 Å². The second-order valence-electron chi connectivity index (χ2n) is 5.53. The maximum Gasteiger partial charge on any atom is 0.334 e. The molecule has 1 fully saturated rings. The fourth-order valence-electron chi connectivity index (χ4n) is 2.64. The third kappa shape index (κ3) is 3.11. The SMILES string of the molecule is C[C@@H]1CN(C(=O)c2ccc3c(c2)OCC(=O)N3)CC(C(=O)O)O1. The average molecular weight is 320 g/mol. The zero-order valence-corrected chi connectivity index (χ0v) is 12.4. The van der Waals surface area contributed by atoms with Gasteiger partial charge in [0.05, 0.1) is 18.3 Å². The second kappa shape index (κ2) is 5.88. The Hall–Kier alpha value is -2.61. The fraction of sp³-hybridized carbons (Fsp3) is 0.400. The van der Waals surface area contributed by atoms with E-state index in [1.807, 2.05) is 0 Å². The number of benzene rings is 1. The summed E-state index contributed by atoms with van der Waals surface area (Å²) >= 11 is 0. The molecule has 0 aromatic heterocycles. The Labute approximate surface area is 132 Å². The molecule has 1 aromatic rings. The number of amides is 2. The van der Waals surface area contributed by atoms with Gasteiger partial charge in [-0.1, -0.05) is 0 Å². The number of rotatable bonds is 2. The molecule has 23 heavy (non-hydrogen) atoms. The lowest BCUT2D eigenvalue weighted by atomic mass is 10.1. The van der Waals surface area contributed by atoms with Crippen molar-refractivity contribution in [1.82, 2.24) is 4.90 Å². The molecule has 2 amide bonds. The topological polar surface area (TPSA) is 105 Å². The number of nitrogens with zero attached hydrogens (tertiary/aromatic N) is 1. The molecule has 0 radical (unpaired) electrons. The van der Waals surface area contributed by atoms with Gasteiger partial charge in [0.25, 0.3) is 11.8 Å². The van der Waals surface area contributed by atoms with Gasteiger partial charge in [-0.2, -0.15) is 0 Å². The van der Waals surface area contributed by atoms with E-state index in [0.717, 1.165) is 0 Å². The van der Waals surface area contributed by atoms with Crippen LogP contribution in [0.25, 0.3) is 0 Å². The monoisotopic (exact) mass is 320 g/mol. The lowest BCUT2D eigenvalue weighted by Crippen LogP contribution is -2.51. The average Bonchev–Trinajstić information content (AvgIpc) is 2.53. The summed E-state index contributed by atoms with van der Waals surface area (Å²) in [5, 5.41) is 11.7. The molecular formula is C15H16N2O6. The van der Waals surface area contributed by atoms with Crippen molar-refractivity contribution in [3.8, 4) is 5.75 Å². The molecular weight excluding hydrogens is 304 g/mol. The number of hydrogen-bond acceptors (Lipinski definition) is 5. The van der Waals surface area contributed by atoms with Gasteiger partial charge in [0.15, 0.2) is 12.7 Å². The minimum absolute atomic E-state index is 0.00676. The van der Waals surface area contributed by atoms with Crippen molar-refractivity contribution in [3.63, 3.8) is 0 Å². The van der Waals surface area contributed by atoms with Gasteiger partial charge in [0.1, 0.15) is 5.75 Å². The number of aliphatic carboxylic acids is 1. The predicted octanol–water partition coefficient (Wildman–Crippen LogP) is 0.332. The van der Waals surface area contributed by atoms with Gasteiger partial charge in [-0.05, 0) is 25.1 Å². The van der Waals surface area contributed by atoms with Crippen molar-refractivity contribution in [2.45, 2.75) is 19.1 Å². The summed E-state index contributed by atoms with van der Waals surface area (Å²) in [4.78, 5) is 36.4. The maximum atomic E-state index is 12.6. The molecule has 8 heteroatoms. The van der Waals surface area contributed by atoms with Gasteiger partial charge < -0.3 is 24.8 Å². The molecule has 1 unspecified atom stereocenters. The van der Waals surface area contributed by atoms with E-state index in [0.29, 0.717) is 23.5 Å². The van der Waals surface area contributed by atoms with E-state index in [9.17, 15) is 14.4 Å². The first kappa shape index (κ1) is 15.3. The zero-order chi connectivity index (χ0) is 16.6. The number of ether oxygens (including phenoxy) is 2. The summed E-state index contributed by atoms with van der Waals surface area (Å²) in [6.07, 6.45) is -1.39. The van der Waals surface area contributed by atoms with Gasteiger partial charge in [-0.3, -0.25) is 9.59 Å². The van der Waals surface area contributed by atoms with E-state index in [4.69, 9.17) is 14.6 Å². The van der Waals surface area contributed by atoms with Gasteiger partial charge in [-0.15, -0.1) is 0 Å². The third-order valence-electron chi connectivity index (χ3n) is 3.68. The quantitative estimate of drug-likeness (QED) is 0.814. The molecule has 2 N–H and O–H groups in total. The Balaban J connectivity index is 1.80. The molecule has 1 saturated heterocycles. The first-order valence-corrected chi connectivity index (χ1v) is 7.18. The van der Waals surface area contributed by atoms with E-state index in [1.54, 1.807) is 25.1 Å². The van der Waals surface area contributed by atoms with Crippen molar-refractivity contribution >= 4 is 23.5 Å². The van der Waals surface area contributed by atoms with Crippen molar-refractivity contribution in [1.29, 1.82) is 0 Å². The molecule has 2 aliphatic heterocycles. The van der Waals surface area contributed by atoms with Crippen LogP contribution in [-0.2, 0) is 14.3 Å². The van der Waals surface area contributed by atoms with Crippen LogP contribution in [0.4, 0.5) is 5.69 Å². The summed E-state index contributed by atoms with van der Waals surface area (Å²) in [5.41, 5.74) is 0.884. The number of anilines is 1. The van der Waals surface area contributed by atoms with Crippen LogP contribution in [0.15, 0.2) is 18.2 Å². The molecule has 2 heterocycles. The summed E-state index contributed by atoms with van der Waals surface area (Å²) in [6, 6.07) is 4.72. The number of carbonyl (C=O) groups is 3. The Kier molecular flexibility index (Phi) is 3.91. The van der Waals surface area contributed by atoms with Crippen LogP contribution in [0.3, 0.4) is 0 Å². The van der Waals surface area contributed by atoms with Crippen molar-refractivity contribution in [2.24, 2.45) is 0 Å². The first-order valence-electron chi connectivity index (χ1n) is 7.18. The number of nitrogens with one attached hydrogen (secondary N) is 1. The smallest absolute Gasteiger partial charge is 0.334 e. The number of morpholine rings is 1. The molecule has 0 bridgehead atoms. The summed E-state index contributed by atoms with van der Waals surface area (Å²) in [6.45, 7) is 1.94. The molecule has 3 rings (SSSR count). The molecule has 0 spiro atoms. The highest BCUT2D eigenvalue weighted by atomic mass is 16.5. The lowest BCUT2D eigenvalue weighted by Gasteiger charge is -2.35. The number of carbonyl (C=O) groups excluding carboxylic acids is 2. The Morgan fingerprint density at radius 2 is 2.13 bits per heavy atom. The number of carboxylic acids is 1. The molecule has 122 valence electrons. The van der Waals surface area contributed by atoms with Crippen LogP contribution in [-0.4, -0.2) is 59.7 Å². The lowest BCUT2D eigenvalue weighted by molar-refractivity contribution is -0.160. The van der Waals surface area contributed by atoms with Crippen LogP contribution in [0, 0.1) is 0 Å². The van der Waals surface area contributed by atoms with Gasteiger partial charge in [-0.25, -0.2) is 4.79 Å². The highest BCUT2D eigenvalue weighted by molar-refractivity contribution is 5.99. The van der Waals surface area contributed by atoms with Gasteiger partial charge in [0, 0.05) is 12.1 Å². The number of fused-ring (bicyclic) bond motifs is 1. The number of hydrogen-bond donors (Lipinski definition) is 2. The minimum atomic E-state index is -1.09. The molecule has 1 aromatic carbocycles. The number of carboxylic acid groups (broad SMARTS) is 1. The summed E-state index contributed by atoms with van der Waals surface area (Å²) in [5.74, 6) is -1.21.